The molecule has 0 atom stereocenters. The van der Waals surface area contributed by atoms with Crippen LogP contribution in [0.1, 0.15) is 26.3 Å². The molecule has 0 saturated heterocycles. The zero-order chi connectivity index (χ0) is 14.3. The molecule has 0 heterocycles. The van der Waals surface area contributed by atoms with Gasteiger partial charge in [0.2, 0.25) is 0 Å². The molecule has 0 saturated carbocycles. The van der Waals surface area contributed by atoms with Crippen LogP contribution in [0.5, 0.6) is 5.75 Å². The van der Waals surface area contributed by atoms with Crippen LogP contribution in [0.3, 0.4) is 0 Å². The zero-order valence-electron chi connectivity index (χ0n) is 12.3. The van der Waals surface area contributed by atoms with Crippen molar-refractivity contribution in [3.05, 3.63) is 29.6 Å². The highest BCUT2D eigenvalue weighted by Gasteiger charge is 2.14. The summed E-state index contributed by atoms with van der Waals surface area (Å²) in [6.45, 7) is 8.33. The van der Waals surface area contributed by atoms with E-state index in [9.17, 15) is 4.39 Å². The molecule has 0 fully saturated rings. The maximum atomic E-state index is 13.7. The predicted octanol–water partition coefficient (Wildman–Crippen LogP) is 2.35. The first-order valence-corrected chi connectivity index (χ1v) is 6.79. The first kappa shape index (κ1) is 15.9. The lowest BCUT2D eigenvalue weighted by atomic mass is 10.0. The van der Waals surface area contributed by atoms with Crippen LogP contribution < -0.4 is 15.4 Å². The Morgan fingerprint density at radius 2 is 2.05 bits per heavy atom. The topological polar surface area (TPSA) is 33.3 Å². The molecule has 3 nitrogen and oxygen atoms in total. The Hall–Kier alpha value is -1.13. The monoisotopic (exact) mass is 268 g/mol. The largest absolute Gasteiger partial charge is 0.491 e. The molecule has 0 aromatic heterocycles. The Morgan fingerprint density at radius 3 is 2.63 bits per heavy atom. The molecule has 0 radical (unpaired) electrons. The number of nitrogens with one attached hydrogen (secondary N) is 2. The van der Waals surface area contributed by atoms with E-state index in [1.807, 2.05) is 20.0 Å². The summed E-state index contributed by atoms with van der Waals surface area (Å²) >= 11 is 0. The minimum Gasteiger partial charge on any atom is -0.491 e. The van der Waals surface area contributed by atoms with Crippen molar-refractivity contribution < 1.29 is 9.13 Å². The van der Waals surface area contributed by atoms with E-state index in [0.29, 0.717) is 12.4 Å². The SMILES string of the molecule is CCOc1ccc(CCNC(C)(C)CNC)cc1F. The molecule has 0 spiro atoms. The maximum absolute atomic E-state index is 13.7. The van der Waals surface area contributed by atoms with Crippen LogP contribution >= 0.6 is 0 Å². The van der Waals surface area contributed by atoms with Gasteiger partial charge in [0.1, 0.15) is 0 Å². The van der Waals surface area contributed by atoms with Crippen molar-refractivity contribution in [3.8, 4) is 5.75 Å². The van der Waals surface area contributed by atoms with E-state index in [0.717, 1.165) is 25.1 Å². The van der Waals surface area contributed by atoms with Gasteiger partial charge in [0, 0.05) is 12.1 Å². The summed E-state index contributed by atoms with van der Waals surface area (Å²) in [4.78, 5) is 0. The quantitative estimate of drug-likeness (QED) is 0.759. The molecular formula is C15H25FN2O. The fourth-order valence-electron chi connectivity index (χ4n) is 2.02. The van der Waals surface area contributed by atoms with Crippen LogP contribution in [0, 0.1) is 5.82 Å². The third kappa shape index (κ3) is 5.57. The van der Waals surface area contributed by atoms with E-state index in [-0.39, 0.29) is 11.4 Å². The molecule has 1 rings (SSSR count). The van der Waals surface area contributed by atoms with Gasteiger partial charge in [-0.25, -0.2) is 4.39 Å². The van der Waals surface area contributed by atoms with Gasteiger partial charge in [-0.2, -0.15) is 0 Å². The van der Waals surface area contributed by atoms with Gasteiger partial charge in [0.05, 0.1) is 6.61 Å². The van der Waals surface area contributed by atoms with Crippen LogP contribution in [0.15, 0.2) is 18.2 Å². The summed E-state index contributed by atoms with van der Waals surface area (Å²) < 4.78 is 18.8. The van der Waals surface area contributed by atoms with Crippen LogP contribution in [0.2, 0.25) is 0 Å². The van der Waals surface area contributed by atoms with Gasteiger partial charge in [-0.15, -0.1) is 0 Å². The molecule has 1 aromatic rings. The fourth-order valence-corrected chi connectivity index (χ4v) is 2.02. The van der Waals surface area contributed by atoms with Crippen molar-refractivity contribution >= 4 is 0 Å². The predicted molar refractivity (Wildman–Crippen MR) is 77.3 cm³/mol. The van der Waals surface area contributed by atoms with E-state index < -0.39 is 0 Å². The van der Waals surface area contributed by atoms with Gasteiger partial charge < -0.3 is 15.4 Å². The van der Waals surface area contributed by atoms with Crippen molar-refractivity contribution in [1.82, 2.24) is 10.6 Å². The Balaban J connectivity index is 2.48. The first-order chi connectivity index (χ1) is 8.98. The highest BCUT2D eigenvalue weighted by atomic mass is 19.1. The Bertz CT molecular complexity index is 394. The number of ether oxygens (including phenoxy) is 1. The second-order valence-electron chi connectivity index (χ2n) is 5.29. The van der Waals surface area contributed by atoms with Crippen LogP contribution in [0.4, 0.5) is 4.39 Å². The van der Waals surface area contributed by atoms with Crippen molar-refractivity contribution in [2.75, 3.05) is 26.7 Å². The number of hydrogen-bond acceptors (Lipinski definition) is 3. The highest BCUT2D eigenvalue weighted by Crippen LogP contribution is 2.18. The van der Waals surface area contributed by atoms with Crippen molar-refractivity contribution in [1.29, 1.82) is 0 Å². The number of hydrogen-bond donors (Lipinski definition) is 2. The van der Waals surface area contributed by atoms with Crippen LogP contribution in [0.25, 0.3) is 0 Å². The molecule has 4 heteroatoms. The van der Waals surface area contributed by atoms with Gasteiger partial charge in [-0.3, -0.25) is 0 Å². The molecule has 0 aliphatic carbocycles. The second-order valence-corrected chi connectivity index (χ2v) is 5.29. The molecule has 0 amide bonds. The Morgan fingerprint density at radius 1 is 1.32 bits per heavy atom. The smallest absolute Gasteiger partial charge is 0.165 e. The third-order valence-electron chi connectivity index (χ3n) is 2.93. The standard InChI is InChI=1S/C15H25FN2O/c1-5-19-14-7-6-12(10-13(14)16)8-9-18-15(2,3)11-17-4/h6-7,10,17-18H,5,8-9,11H2,1-4H3. The van der Waals surface area contributed by atoms with Gasteiger partial charge in [-0.1, -0.05) is 6.07 Å². The van der Waals surface area contributed by atoms with Crippen LogP contribution in [-0.4, -0.2) is 32.3 Å². The molecule has 0 aliphatic heterocycles. The molecule has 0 unspecified atom stereocenters. The fraction of sp³-hybridized carbons (Fsp3) is 0.600. The lowest BCUT2D eigenvalue weighted by molar-refractivity contribution is 0.321. The van der Waals surface area contributed by atoms with E-state index in [1.165, 1.54) is 0 Å². The van der Waals surface area contributed by atoms with Crippen LogP contribution in [-0.2, 0) is 6.42 Å². The number of likely N-dealkylation sites (N-methyl/N-ethyl adjacent to an activating group) is 1. The summed E-state index contributed by atoms with van der Waals surface area (Å²) in [6, 6.07) is 5.17. The summed E-state index contributed by atoms with van der Waals surface area (Å²) in [6.07, 6.45) is 0.802. The number of benzene rings is 1. The summed E-state index contributed by atoms with van der Waals surface area (Å²) in [7, 11) is 1.94. The second kappa shape index (κ2) is 7.46. The minimum atomic E-state index is -0.283. The molecule has 2 N–H and O–H groups in total. The van der Waals surface area contributed by atoms with Gasteiger partial charge in [0.25, 0.3) is 0 Å². The van der Waals surface area contributed by atoms with Crippen molar-refractivity contribution in [2.45, 2.75) is 32.7 Å². The molecule has 1 aromatic carbocycles. The van der Waals surface area contributed by atoms with E-state index in [4.69, 9.17) is 4.74 Å². The molecule has 0 bridgehead atoms. The molecule has 0 aliphatic rings. The third-order valence-corrected chi connectivity index (χ3v) is 2.93. The number of halogens is 1. The van der Waals surface area contributed by atoms with E-state index >= 15 is 0 Å². The zero-order valence-corrected chi connectivity index (χ0v) is 12.3. The average molecular weight is 268 g/mol. The first-order valence-electron chi connectivity index (χ1n) is 6.79. The van der Waals surface area contributed by atoms with Crippen molar-refractivity contribution in [2.24, 2.45) is 0 Å². The summed E-state index contributed by atoms with van der Waals surface area (Å²) in [5.41, 5.74) is 1.02. The molecule has 19 heavy (non-hydrogen) atoms. The lowest BCUT2D eigenvalue weighted by Gasteiger charge is -2.26. The summed E-state index contributed by atoms with van der Waals surface area (Å²) in [5.74, 6) is 0.0450. The van der Waals surface area contributed by atoms with E-state index in [1.54, 1.807) is 12.1 Å². The Kier molecular flexibility index (Phi) is 6.25. The highest BCUT2D eigenvalue weighted by molar-refractivity contribution is 5.29. The Labute approximate surface area is 115 Å². The number of rotatable bonds is 8. The average Bonchev–Trinajstić information content (AvgIpc) is 2.32. The molecule has 108 valence electrons. The summed E-state index contributed by atoms with van der Waals surface area (Å²) in [5, 5.41) is 6.60. The minimum absolute atomic E-state index is 0.0402. The molecular weight excluding hydrogens is 243 g/mol. The lowest BCUT2D eigenvalue weighted by Crippen LogP contribution is -2.47. The van der Waals surface area contributed by atoms with Crippen molar-refractivity contribution in [3.63, 3.8) is 0 Å². The normalized spacial score (nSPS) is 11.6. The van der Waals surface area contributed by atoms with Gasteiger partial charge in [0.15, 0.2) is 11.6 Å². The van der Waals surface area contributed by atoms with Gasteiger partial charge in [-0.05, 0) is 58.5 Å². The van der Waals surface area contributed by atoms with E-state index in [2.05, 4.69) is 24.5 Å². The maximum Gasteiger partial charge on any atom is 0.165 e. The van der Waals surface area contributed by atoms with Gasteiger partial charge >= 0.3 is 0 Å².